The van der Waals surface area contributed by atoms with Crippen LogP contribution in [0.4, 0.5) is 16.3 Å². The lowest BCUT2D eigenvalue weighted by molar-refractivity contribution is 0.0141. The zero-order valence-corrected chi connectivity index (χ0v) is 24.8. The number of aromatic nitrogens is 3. The van der Waals surface area contributed by atoms with E-state index in [0.29, 0.717) is 56.2 Å². The van der Waals surface area contributed by atoms with Gasteiger partial charge in [-0.3, -0.25) is 14.6 Å². The number of carbonyl (C=O) groups excluding carboxylic acids is 3. The molecule has 3 aromatic rings. The Bertz CT molecular complexity index is 1470. The summed E-state index contributed by atoms with van der Waals surface area (Å²) in [5.41, 5.74) is 9.03. The SMILES string of the molecule is CC(C)(C)OC(=O)N1CCN(C(=O)c2ccc(-c3cnc(N)c(C(=O)Cc4cnccc4N4CCOCC4)n3)cc2)CC1. The van der Waals surface area contributed by atoms with E-state index in [9.17, 15) is 14.4 Å². The van der Waals surface area contributed by atoms with Gasteiger partial charge in [0.05, 0.1) is 25.1 Å². The first-order chi connectivity index (χ1) is 20.6. The molecule has 2 fully saturated rings. The molecule has 2 aliphatic rings. The molecule has 12 nitrogen and oxygen atoms in total. The van der Waals surface area contributed by atoms with E-state index in [1.165, 1.54) is 6.20 Å². The minimum Gasteiger partial charge on any atom is -0.444 e. The molecule has 0 unspecified atom stereocenters. The highest BCUT2D eigenvalue weighted by Gasteiger charge is 2.28. The minimum atomic E-state index is -0.569. The van der Waals surface area contributed by atoms with Gasteiger partial charge in [-0.15, -0.1) is 0 Å². The van der Waals surface area contributed by atoms with Crippen LogP contribution in [0, 0.1) is 0 Å². The number of hydrogen-bond acceptors (Lipinski definition) is 10. The number of ether oxygens (including phenoxy) is 2. The number of hydrogen-bond donors (Lipinski definition) is 1. The number of ketones is 1. The highest BCUT2D eigenvalue weighted by molar-refractivity contribution is 6.00. The summed E-state index contributed by atoms with van der Waals surface area (Å²) in [6.45, 7) is 9.86. The third-order valence-corrected chi connectivity index (χ3v) is 7.29. The van der Waals surface area contributed by atoms with E-state index in [1.807, 2.05) is 26.8 Å². The number of carbonyl (C=O) groups is 3. The van der Waals surface area contributed by atoms with Crippen molar-refractivity contribution in [3.63, 3.8) is 0 Å². The predicted molar refractivity (Wildman–Crippen MR) is 161 cm³/mol. The topological polar surface area (TPSA) is 144 Å². The Hall–Kier alpha value is -4.58. The van der Waals surface area contributed by atoms with Crippen LogP contribution >= 0.6 is 0 Å². The number of pyridine rings is 1. The van der Waals surface area contributed by atoms with Gasteiger partial charge in [-0.05, 0) is 39.0 Å². The molecule has 0 radical (unpaired) electrons. The van der Waals surface area contributed by atoms with Crippen LogP contribution in [-0.2, 0) is 15.9 Å². The number of amides is 2. The molecular formula is C31H37N7O5. The maximum atomic E-state index is 13.4. The second-order valence-electron chi connectivity index (χ2n) is 11.5. The number of nitrogens with two attached hydrogens (primary N) is 1. The molecule has 2 saturated heterocycles. The second kappa shape index (κ2) is 12.7. The fourth-order valence-corrected chi connectivity index (χ4v) is 5.05. The van der Waals surface area contributed by atoms with Crippen molar-refractivity contribution >= 4 is 29.3 Å². The summed E-state index contributed by atoms with van der Waals surface area (Å²) in [5.74, 6) is -0.322. The van der Waals surface area contributed by atoms with Crippen molar-refractivity contribution in [2.24, 2.45) is 0 Å². The van der Waals surface area contributed by atoms with Crippen LogP contribution in [0.5, 0.6) is 0 Å². The van der Waals surface area contributed by atoms with Gasteiger partial charge in [-0.1, -0.05) is 12.1 Å². The van der Waals surface area contributed by atoms with E-state index in [4.69, 9.17) is 15.2 Å². The van der Waals surface area contributed by atoms with Crippen LogP contribution in [0.2, 0.25) is 0 Å². The van der Waals surface area contributed by atoms with Crippen molar-refractivity contribution in [3.8, 4) is 11.3 Å². The number of piperazine rings is 1. The largest absolute Gasteiger partial charge is 0.444 e. The predicted octanol–water partition coefficient (Wildman–Crippen LogP) is 3.08. The van der Waals surface area contributed by atoms with Gasteiger partial charge < -0.3 is 29.9 Å². The van der Waals surface area contributed by atoms with E-state index >= 15 is 0 Å². The molecule has 12 heteroatoms. The van der Waals surface area contributed by atoms with Gasteiger partial charge >= 0.3 is 6.09 Å². The zero-order valence-electron chi connectivity index (χ0n) is 24.8. The number of nitrogen functional groups attached to an aromatic ring is 1. The summed E-state index contributed by atoms with van der Waals surface area (Å²) >= 11 is 0. The Morgan fingerprint density at radius 3 is 2.28 bits per heavy atom. The van der Waals surface area contributed by atoms with Crippen LogP contribution in [0.25, 0.3) is 11.3 Å². The lowest BCUT2D eigenvalue weighted by Gasteiger charge is -2.35. The van der Waals surface area contributed by atoms with Crippen molar-refractivity contribution in [1.82, 2.24) is 24.8 Å². The van der Waals surface area contributed by atoms with Gasteiger partial charge in [0, 0.05) is 80.5 Å². The van der Waals surface area contributed by atoms with Crippen molar-refractivity contribution < 1.29 is 23.9 Å². The van der Waals surface area contributed by atoms with Gasteiger partial charge in [0.1, 0.15) is 11.3 Å². The number of anilines is 2. The molecule has 0 spiro atoms. The van der Waals surface area contributed by atoms with Gasteiger partial charge in [0.15, 0.2) is 11.6 Å². The summed E-state index contributed by atoms with van der Waals surface area (Å²) < 4.78 is 10.9. The normalized spacial score (nSPS) is 15.7. The summed E-state index contributed by atoms with van der Waals surface area (Å²) in [4.78, 5) is 57.4. The average molecular weight is 588 g/mol. The molecule has 43 heavy (non-hydrogen) atoms. The maximum Gasteiger partial charge on any atom is 0.410 e. The molecule has 4 heterocycles. The highest BCUT2D eigenvalue weighted by atomic mass is 16.6. The molecule has 2 aromatic heterocycles. The molecule has 5 rings (SSSR count). The van der Waals surface area contributed by atoms with Crippen molar-refractivity contribution in [2.45, 2.75) is 32.8 Å². The summed E-state index contributed by atoms with van der Waals surface area (Å²) in [6.07, 6.45) is 4.64. The Balaban J connectivity index is 1.24. The minimum absolute atomic E-state index is 0.0582. The summed E-state index contributed by atoms with van der Waals surface area (Å²) in [5, 5.41) is 0. The molecule has 2 N–H and O–H groups in total. The number of morpholine rings is 1. The smallest absolute Gasteiger partial charge is 0.410 e. The third-order valence-electron chi connectivity index (χ3n) is 7.29. The molecule has 0 aliphatic carbocycles. The van der Waals surface area contributed by atoms with Crippen LogP contribution in [-0.4, -0.2) is 101 Å². The highest BCUT2D eigenvalue weighted by Crippen LogP contribution is 2.25. The standard InChI is InChI=1S/C31H37N7O5/c1-31(2,3)43-30(41)38-12-10-37(11-13-38)29(40)22-6-4-21(5-7-22)24-20-34-28(32)27(35-24)26(39)18-23-19-33-9-8-25(23)36-14-16-42-17-15-36/h4-9,19-20H,10-18H2,1-3H3,(H2,32,34). The molecule has 1 aromatic carbocycles. The fraction of sp³-hybridized carbons (Fsp3) is 0.419. The third kappa shape index (κ3) is 7.26. The molecule has 226 valence electrons. The first-order valence-corrected chi connectivity index (χ1v) is 14.4. The Morgan fingerprint density at radius 1 is 0.930 bits per heavy atom. The fourth-order valence-electron chi connectivity index (χ4n) is 5.05. The molecule has 0 bridgehead atoms. The van der Waals surface area contributed by atoms with Crippen molar-refractivity contribution in [2.75, 3.05) is 63.1 Å². The molecule has 0 atom stereocenters. The monoisotopic (exact) mass is 587 g/mol. The Kier molecular flexibility index (Phi) is 8.86. The second-order valence-corrected chi connectivity index (χ2v) is 11.5. The van der Waals surface area contributed by atoms with Crippen LogP contribution in [0.15, 0.2) is 48.9 Å². The van der Waals surface area contributed by atoms with E-state index in [-0.39, 0.29) is 35.7 Å². The van der Waals surface area contributed by atoms with Crippen LogP contribution in [0.1, 0.15) is 47.2 Å². The summed E-state index contributed by atoms with van der Waals surface area (Å²) in [7, 11) is 0. The quantitative estimate of drug-likeness (QED) is 0.427. The number of nitrogens with zero attached hydrogens (tertiary/aromatic N) is 6. The van der Waals surface area contributed by atoms with Crippen molar-refractivity contribution in [3.05, 3.63) is 65.7 Å². The van der Waals surface area contributed by atoms with Gasteiger partial charge in [-0.25, -0.2) is 14.8 Å². The first kappa shape index (κ1) is 29.9. The number of benzene rings is 1. The van der Waals surface area contributed by atoms with E-state index < -0.39 is 5.60 Å². The van der Waals surface area contributed by atoms with E-state index in [1.54, 1.807) is 46.5 Å². The Labute approximate surface area is 250 Å². The molecule has 0 saturated carbocycles. The zero-order chi connectivity index (χ0) is 30.6. The van der Waals surface area contributed by atoms with Crippen molar-refractivity contribution in [1.29, 1.82) is 0 Å². The van der Waals surface area contributed by atoms with Gasteiger partial charge in [0.2, 0.25) is 0 Å². The molecule has 2 amide bonds. The average Bonchev–Trinajstić information content (AvgIpc) is 3.01. The summed E-state index contributed by atoms with van der Waals surface area (Å²) in [6, 6.07) is 8.90. The van der Waals surface area contributed by atoms with Gasteiger partial charge in [-0.2, -0.15) is 0 Å². The maximum absolute atomic E-state index is 13.4. The van der Waals surface area contributed by atoms with Crippen LogP contribution < -0.4 is 10.6 Å². The van der Waals surface area contributed by atoms with E-state index in [2.05, 4.69) is 19.9 Å². The Morgan fingerprint density at radius 2 is 1.60 bits per heavy atom. The lowest BCUT2D eigenvalue weighted by atomic mass is 10.0. The van der Waals surface area contributed by atoms with Crippen LogP contribution in [0.3, 0.4) is 0 Å². The van der Waals surface area contributed by atoms with Gasteiger partial charge in [0.25, 0.3) is 5.91 Å². The number of Topliss-reactive ketones (excluding diaryl/α,β-unsaturated/α-hetero) is 1. The number of rotatable bonds is 6. The molecular weight excluding hydrogens is 550 g/mol. The molecule has 2 aliphatic heterocycles. The lowest BCUT2D eigenvalue weighted by Crippen LogP contribution is -2.51. The first-order valence-electron chi connectivity index (χ1n) is 14.4. The van der Waals surface area contributed by atoms with E-state index in [0.717, 1.165) is 24.3 Å².